The van der Waals surface area contributed by atoms with Gasteiger partial charge in [-0.15, -0.1) is 0 Å². The van der Waals surface area contributed by atoms with Crippen LogP contribution in [0.15, 0.2) is 47.3 Å². The first-order chi connectivity index (χ1) is 13.0. The lowest BCUT2D eigenvalue weighted by Gasteiger charge is -2.13. The van der Waals surface area contributed by atoms with Crippen LogP contribution in [0.25, 0.3) is 10.9 Å². The normalized spacial score (nSPS) is 11.0. The number of aryl methyl sites for hydroxylation is 1. The largest absolute Gasteiger partial charge is 0.383 e. The number of H-pyrrole nitrogens is 1. The lowest BCUT2D eigenvalue weighted by Crippen LogP contribution is -2.30. The molecule has 0 aliphatic heterocycles. The highest BCUT2D eigenvalue weighted by atomic mass is 16.1. The predicted molar refractivity (Wildman–Crippen MR) is 108 cm³/mol. The lowest BCUT2D eigenvalue weighted by atomic mass is 10.0. The Labute approximate surface area is 158 Å². The molecule has 6 heteroatoms. The van der Waals surface area contributed by atoms with Gasteiger partial charge in [0.2, 0.25) is 5.56 Å². The van der Waals surface area contributed by atoms with Gasteiger partial charge in [-0.25, -0.2) is 0 Å². The van der Waals surface area contributed by atoms with Crippen molar-refractivity contribution in [2.45, 2.75) is 26.7 Å². The summed E-state index contributed by atoms with van der Waals surface area (Å²) in [6.07, 6.45) is 0. The van der Waals surface area contributed by atoms with E-state index < -0.39 is 0 Å². The molecule has 0 bridgehead atoms. The summed E-state index contributed by atoms with van der Waals surface area (Å²) in [6, 6.07) is 12.9. The van der Waals surface area contributed by atoms with E-state index in [9.17, 15) is 9.59 Å². The molecule has 27 heavy (non-hydrogen) atoms. The van der Waals surface area contributed by atoms with Gasteiger partial charge in [0.25, 0.3) is 5.91 Å². The Bertz CT molecular complexity index is 1020. The minimum Gasteiger partial charge on any atom is -0.383 e. The summed E-state index contributed by atoms with van der Waals surface area (Å²) in [5, 5.41) is 7.33. The maximum absolute atomic E-state index is 12.5. The molecular formula is C21H24N4O2. The molecule has 0 fully saturated rings. The number of carbonyl (C=O) groups excluding carboxylic acids is 1. The Morgan fingerprint density at radius 2 is 1.93 bits per heavy atom. The number of aromatic amines is 1. The monoisotopic (exact) mass is 364 g/mol. The van der Waals surface area contributed by atoms with Crippen molar-refractivity contribution < 1.29 is 4.79 Å². The first-order valence-electron chi connectivity index (χ1n) is 9.07. The zero-order valence-electron chi connectivity index (χ0n) is 15.8. The van der Waals surface area contributed by atoms with Crippen molar-refractivity contribution >= 4 is 22.5 Å². The van der Waals surface area contributed by atoms with E-state index >= 15 is 0 Å². The summed E-state index contributed by atoms with van der Waals surface area (Å²) < 4.78 is 0. The molecule has 1 amide bonds. The second kappa shape index (κ2) is 8.03. The topological polar surface area (TPSA) is 86.9 Å². The highest BCUT2D eigenvalue weighted by Crippen LogP contribution is 2.22. The van der Waals surface area contributed by atoms with E-state index in [0.717, 1.165) is 22.3 Å². The van der Waals surface area contributed by atoms with Gasteiger partial charge >= 0.3 is 0 Å². The van der Waals surface area contributed by atoms with E-state index in [1.165, 1.54) is 6.07 Å². The van der Waals surface area contributed by atoms with Gasteiger partial charge in [0.1, 0.15) is 0 Å². The third-order valence-electron chi connectivity index (χ3n) is 4.34. The van der Waals surface area contributed by atoms with Crippen LogP contribution in [0.4, 0.5) is 5.69 Å². The van der Waals surface area contributed by atoms with Crippen molar-refractivity contribution in [3.05, 3.63) is 69.8 Å². The second-order valence-electron chi connectivity index (χ2n) is 6.82. The van der Waals surface area contributed by atoms with Gasteiger partial charge < -0.3 is 15.6 Å². The molecule has 3 N–H and O–H groups in total. The average molecular weight is 364 g/mol. The molecule has 0 spiro atoms. The number of hydrogen-bond acceptors (Lipinski definition) is 4. The number of fused-ring (bicyclic) bond motifs is 1. The molecule has 0 atom stereocenters. The number of amides is 1. The first-order valence-corrected chi connectivity index (χ1v) is 9.07. The standard InChI is InChI=1S/C21H24N4O2/c1-13(2)20-16(8-9-19(26)25-20)21(27)23-11-10-22-18-12-14(3)24-17-7-5-4-6-15(17)18/h4-9,12-13H,10-11H2,1-3H3,(H,22,24)(H,23,27)(H,25,26). The molecule has 0 saturated carbocycles. The van der Waals surface area contributed by atoms with E-state index in [1.807, 2.05) is 51.1 Å². The molecule has 6 nitrogen and oxygen atoms in total. The van der Waals surface area contributed by atoms with E-state index in [-0.39, 0.29) is 17.4 Å². The molecular weight excluding hydrogens is 340 g/mol. The lowest BCUT2D eigenvalue weighted by molar-refractivity contribution is 0.0953. The van der Waals surface area contributed by atoms with Crippen LogP contribution in [0.2, 0.25) is 0 Å². The fourth-order valence-electron chi connectivity index (χ4n) is 3.07. The van der Waals surface area contributed by atoms with Crippen LogP contribution in [-0.4, -0.2) is 29.0 Å². The molecule has 2 aromatic heterocycles. The molecule has 3 aromatic rings. The van der Waals surface area contributed by atoms with Gasteiger partial charge in [-0.3, -0.25) is 14.6 Å². The summed E-state index contributed by atoms with van der Waals surface area (Å²) >= 11 is 0. The minimum absolute atomic E-state index is 0.0592. The van der Waals surface area contributed by atoms with E-state index in [1.54, 1.807) is 6.07 Å². The summed E-state index contributed by atoms with van der Waals surface area (Å²) in [7, 11) is 0. The first kappa shape index (κ1) is 18.6. The van der Waals surface area contributed by atoms with E-state index in [4.69, 9.17) is 0 Å². The fourth-order valence-corrected chi connectivity index (χ4v) is 3.07. The SMILES string of the molecule is Cc1cc(NCCNC(=O)c2ccc(=O)[nH]c2C(C)C)c2ccccc2n1. The molecule has 2 heterocycles. The smallest absolute Gasteiger partial charge is 0.253 e. The molecule has 0 radical (unpaired) electrons. The van der Waals surface area contributed by atoms with Gasteiger partial charge in [-0.05, 0) is 31.0 Å². The molecule has 3 rings (SSSR count). The maximum Gasteiger partial charge on any atom is 0.253 e. The average Bonchev–Trinajstić information content (AvgIpc) is 2.64. The number of aromatic nitrogens is 2. The zero-order chi connectivity index (χ0) is 19.4. The van der Waals surface area contributed by atoms with Crippen LogP contribution in [0, 0.1) is 6.92 Å². The summed E-state index contributed by atoms with van der Waals surface area (Å²) in [6.45, 7) is 6.90. The van der Waals surface area contributed by atoms with Crippen molar-refractivity contribution in [2.75, 3.05) is 18.4 Å². The summed E-state index contributed by atoms with van der Waals surface area (Å²) in [5.41, 5.74) is 3.85. The minimum atomic E-state index is -0.197. The van der Waals surface area contributed by atoms with Crippen molar-refractivity contribution in [1.82, 2.24) is 15.3 Å². The van der Waals surface area contributed by atoms with Crippen LogP contribution in [0.1, 0.15) is 41.5 Å². The van der Waals surface area contributed by atoms with Gasteiger partial charge in [0, 0.05) is 41.6 Å². The summed E-state index contributed by atoms with van der Waals surface area (Å²) in [5.74, 6) is -0.128. The van der Waals surface area contributed by atoms with Crippen molar-refractivity contribution in [3.63, 3.8) is 0 Å². The summed E-state index contributed by atoms with van der Waals surface area (Å²) in [4.78, 5) is 31.3. The van der Waals surface area contributed by atoms with Crippen LogP contribution < -0.4 is 16.2 Å². The zero-order valence-corrected chi connectivity index (χ0v) is 15.8. The van der Waals surface area contributed by atoms with E-state index in [2.05, 4.69) is 20.6 Å². The van der Waals surface area contributed by atoms with Crippen LogP contribution in [-0.2, 0) is 0 Å². The highest BCUT2D eigenvalue weighted by molar-refractivity contribution is 5.95. The number of para-hydroxylation sites is 1. The number of rotatable bonds is 6. The number of nitrogens with one attached hydrogen (secondary N) is 3. The van der Waals surface area contributed by atoms with Gasteiger partial charge in [0.05, 0.1) is 11.1 Å². The molecule has 0 saturated heterocycles. The maximum atomic E-state index is 12.5. The van der Waals surface area contributed by atoms with Crippen LogP contribution >= 0.6 is 0 Å². The van der Waals surface area contributed by atoms with Crippen LogP contribution in [0.3, 0.4) is 0 Å². The molecule has 0 unspecified atom stereocenters. The number of pyridine rings is 2. The van der Waals surface area contributed by atoms with Crippen molar-refractivity contribution in [2.24, 2.45) is 0 Å². The quantitative estimate of drug-likeness (QED) is 0.586. The number of carbonyl (C=O) groups is 1. The fraction of sp³-hybridized carbons (Fsp3) is 0.286. The Kier molecular flexibility index (Phi) is 5.54. The molecule has 140 valence electrons. The number of hydrogen-bond donors (Lipinski definition) is 3. The number of nitrogens with zero attached hydrogens (tertiary/aromatic N) is 1. The van der Waals surface area contributed by atoms with Crippen LogP contribution in [0.5, 0.6) is 0 Å². The third-order valence-corrected chi connectivity index (χ3v) is 4.34. The van der Waals surface area contributed by atoms with Gasteiger partial charge in [0.15, 0.2) is 0 Å². The Morgan fingerprint density at radius 3 is 2.70 bits per heavy atom. The predicted octanol–water partition coefficient (Wildman–Crippen LogP) is 3.20. The number of benzene rings is 1. The third kappa shape index (κ3) is 4.34. The van der Waals surface area contributed by atoms with Crippen molar-refractivity contribution in [1.29, 1.82) is 0 Å². The highest BCUT2D eigenvalue weighted by Gasteiger charge is 2.14. The Morgan fingerprint density at radius 1 is 1.15 bits per heavy atom. The van der Waals surface area contributed by atoms with Gasteiger partial charge in [-0.1, -0.05) is 32.0 Å². The Balaban J connectivity index is 1.65. The van der Waals surface area contributed by atoms with Crippen molar-refractivity contribution in [3.8, 4) is 0 Å². The second-order valence-corrected chi connectivity index (χ2v) is 6.82. The molecule has 1 aromatic carbocycles. The Hall–Kier alpha value is -3.15. The van der Waals surface area contributed by atoms with E-state index in [0.29, 0.717) is 24.3 Å². The van der Waals surface area contributed by atoms with Gasteiger partial charge in [-0.2, -0.15) is 0 Å². The molecule has 0 aliphatic rings. The molecule has 0 aliphatic carbocycles. The number of anilines is 1.